The van der Waals surface area contributed by atoms with Crippen molar-refractivity contribution in [2.75, 3.05) is 5.32 Å². The highest BCUT2D eigenvalue weighted by Gasteiger charge is 2.29. The van der Waals surface area contributed by atoms with Crippen molar-refractivity contribution in [2.24, 2.45) is 0 Å². The number of amides is 1. The molecule has 180 valence electrons. The third-order valence-corrected chi connectivity index (χ3v) is 5.28. The summed E-state index contributed by atoms with van der Waals surface area (Å²) in [5.74, 6) is -13.8. The van der Waals surface area contributed by atoms with Crippen molar-refractivity contribution in [3.63, 3.8) is 0 Å². The molecule has 1 heterocycles. The maximum Gasteiger partial charge on any atom is 0.265 e. The largest absolute Gasteiger partial charge is 0.474 e. The number of rotatable bonds is 6. The Balaban J connectivity index is 1.56. The van der Waals surface area contributed by atoms with Gasteiger partial charge in [0.05, 0.1) is 0 Å². The van der Waals surface area contributed by atoms with Gasteiger partial charge in [0.1, 0.15) is 5.58 Å². The lowest BCUT2D eigenvalue weighted by molar-refractivity contribution is -0.122. The van der Waals surface area contributed by atoms with E-state index >= 15 is 0 Å². The molecule has 4 aromatic rings. The molecule has 0 radical (unpaired) electrons. The zero-order chi connectivity index (χ0) is 25.4. The van der Waals surface area contributed by atoms with E-state index in [0.29, 0.717) is 22.1 Å². The Morgan fingerprint density at radius 3 is 2.11 bits per heavy atom. The van der Waals surface area contributed by atoms with Crippen LogP contribution in [-0.2, 0) is 4.79 Å². The van der Waals surface area contributed by atoms with E-state index in [1.54, 1.807) is 37.3 Å². The highest BCUT2D eigenvalue weighted by molar-refractivity contribution is 6.10. The molecule has 0 fully saturated rings. The number of anilines is 1. The zero-order valence-corrected chi connectivity index (χ0v) is 18.2. The number of ether oxygens (including phenoxy) is 1. The number of hydrogen-bond acceptors (Lipinski definition) is 4. The van der Waals surface area contributed by atoms with Crippen LogP contribution in [0.1, 0.15) is 28.6 Å². The average Bonchev–Trinajstić information content (AvgIpc) is 3.19. The molecule has 0 aliphatic heterocycles. The third kappa shape index (κ3) is 4.34. The van der Waals surface area contributed by atoms with Crippen molar-refractivity contribution in [3.8, 4) is 5.75 Å². The molecule has 3 aromatic carbocycles. The number of furan rings is 1. The third-order valence-electron chi connectivity index (χ3n) is 5.28. The second-order valence-electron chi connectivity index (χ2n) is 7.61. The van der Waals surface area contributed by atoms with Crippen molar-refractivity contribution < 1.29 is 40.7 Å². The summed E-state index contributed by atoms with van der Waals surface area (Å²) in [5, 5.41) is 2.96. The Morgan fingerprint density at radius 2 is 1.49 bits per heavy atom. The maximum atomic E-state index is 13.8. The minimum Gasteiger partial charge on any atom is -0.474 e. The van der Waals surface area contributed by atoms with Gasteiger partial charge in [0.2, 0.25) is 34.9 Å². The lowest BCUT2D eigenvalue weighted by atomic mass is 10.0. The van der Waals surface area contributed by atoms with Crippen LogP contribution in [0.15, 0.2) is 52.9 Å². The second-order valence-corrected chi connectivity index (χ2v) is 7.61. The van der Waals surface area contributed by atoms with Gasteiger partial charge in [-0.2, -0.15) is 8.78 Å². The van der Waals surface area contributed by atoms with Gasteiger partial charge in [0.15, 0.2) is 17.6 Å². The highest BCUT2D eigenvalue weighted by atomic mass is 19.2. The molecule has 4 rings (SSSR count). The first-order chi connectivity index (χ1) is 16.6. The van der Waals surface area contributed by atoms with E-state index in [4.69, 9.17) is 9.15 Å². The fourth-order valence-corrected chi connectivity index (χ4v) is 3.40. The molecule has 1 unspecified atom stereocenters. The van der Waals surface area contributed by atoms with Crippen LogP contribution < -0.4 is 10.1 Å². The lowest BCUT2D eigenvalue weighted by Gasteiger charge is -2.16. The predicted octanol–water partition coefficient (Wildman–Crippen LogP) is 6.07. The smallest absolute Gasteiger partial charge is 0.265 e. The van der Waals surface area contributed by atoms with Crippen LogP contribution in [-0.4, -0.2) is 17.8 Å². The van der Waals surface area contributed by atoms with Gasteiger partial charge in [-0.15, -0.1) is 0 Å². The Hall–Kier alpha value is -4.21. The number of ketones is 1. The number of nitrogens with one attached hydrogen (secondary N) is 1. The first kappa shape index (κ1) is 23.9. The Morgan fingerprint density at radius 1 is 0.886 bits per heavy atom. The van der Waals surface area contributed by atoms with E-state index in [0.717, 1.165) is 6.92 Å². The number of aryl methyl sites for hydroxylation is 1. The van der Waals surface area contributed by atoms with Gasteiger partial charge in [-0.25, -0.2) is 13.2 Å². The lowest BCUT2D eigenvalue weighted by Crippen LogP contribution is -2.31. The van der Waals surface area contributed by atoms with Gasteiger partial charge in [-0.05, 0) is 32.0 Å². The molecule has 1 amide bonds. The Labute approximate surface area is 195 Å². The van der Waals surface area contributed by atoms with E-state index in [1.165, 1.54) is 18.2 Å². The standard InChI is InChI=1S/C25H16F5NO4/c1-11-15-10-14(8-9-16(15)35-23(11)22(32)13-6-4-3-5-7-13)31-25(33)12(2)34-24-20(29)18(27)17(26)19(28)21(24)30/h3-10,12H,1-2H3,(H,31,33). The molecule has 0 aliphatic carbocycles. The van der Waals surface area contributed by atoms with Crippen LogP contribution >= 0.6 is 0 Å². The summed E-state index contributed by atoms with van der Waals surface area (Å²) in [6.07, 6.45) is -1.63. The average molecular weight is 489 g/mol. The molecule has 1 aromatic heterocycles. The minimum atomic E-state index is -2.33. The summed E-state index contributed by atoms with van der Waals surface area (Å²) >= 11 is 0. The summed E-state index contributed by atoms with van der Waals surface area (Å²) in [5.41, 5.74) is 1.56. The normalized spacial score (nSPS) is 12.0. The SMILES string of the molecule is Cc1c(C(=O)c2ccccc2)oc2ccc(NC(=O)C(C)Oc3c(F)c(F)c(F)c(F)c3F)cc12. The van der Waals surface area contributed by atoms with Crippen LogP contribution in [0, 0.1) is 36.0 Å². The van der Waals surface area contributed by atoms with Crippen molar-refractivity contribution in [2.45, 2.75) is 20.0 Å². The predicted molar refractivity (Wildman–Crippen MR) is 116 cm³/mol. The number of carbonyl (C=O) groups excluding carboxylic acids is 2. The van der Waals surface area contributed by atoms with Gasteiger partial charge in [-0.1, -0.05) is 30.3 Å². The van der Waals surface area contributed by atoms with Gasteiger partial charge >= 0.3 is 0 Å². The molecule has 1 N–H and O–H groups in total. The monoisotopic (exact) mass is 489 g/mol. The van der Waals surface area contributed by atoms with Crippen LogP contribution in [0.3, 0.4) is 0 Å². The van der Waals surface area contributed by atoms with E-state index in [1.807, 2.05) is 0 Å². The molecular weight excluding hydrogens is 473 g/mol. The minimum absolute atomic E-state index is 0.123. The molecule has 5 nitrogen and oxygen atoms in total. The number of carbonyl (C=O) groups is 2. The van der Waals surface area contributed by atoms with E-state index in [9.17, 15) is 31.5 Å². The fourth-order valence-electron chi connectivity index (χ4n) is 3.40. The molecule has 10 heteroatoms. The summed E-state index contributed by atoms with van der Waals surface area (Å²) in [4.78, 5) is 25.2. The van der Waals surface area contributed by atoms with Crippen LogP contribution in [0.4, 0.5) is 27.6 Å². The van der Waals surface area contributed by atoms with E-state index in [-0.39, 0.29) is 17.2 Å². The molecule has 0 saturated carbocycles. The number of halogens is 5. The van der Waals surface area contributed by atoms with Crippen LogP contribution in [0.5, 0.6) is 5.75 Å². The summed E-state index contributed by atoms with van der Waals surface area (Å²) in [6, 6.07) is 13.0. The molecule has 35 heavy (non-hydrogen) atoms. The van der Waals surface area contributed by atoms with Gasteiger partial charge in [0.25, 0.3) is 5.91 Å². The first-order valence-corrected chi connectivity index (χ1v) is 10.2. The van der Waals surface area contributed by atoms with E-state index < -0.39 is 46.8 Å². The quantitative estimate of drug-likeness (QED) is 0.154. The first-order valence-electron chi connectivity index (χ1n) is 10.2. The van der Waals surface area contributed by atoms with Crippen molar-refractivity contribution in [1.29, 1.82) is 0 Å². The topological polar surface area (TPSA) is 68.5 Å². The van der Waals surface area contributed by atoms with Crippen molar-refractivity contribution in [1.82, 2.24) is 0 Å². The van der Waals surface area contributed by atoms with Crippen molar-refractivity contribution in [3.05, 3.63) is 94.5 Å². The van der Waals surface area contributed by atoms with Gasteiger partial charge in [0, 0.05) is 22.2 Å². The molecule has 0 spiro atoms. The zero-order valence-electron chi connectivity index (χ0n) is 18.2. The van der Waals surface area contributed by atoms with Crippen LogP contribution in [0.25, 0.3) is 11.0 Å². The Kier molecular flexibility index (Phi) is 6.29. The van der Waals surface area contributed by atoms with Crippen LogP contribution in [0.2, 0.25) is 0 Å². The van der Waals surface area contributed by atoms with Gasteiger partial charge in [-0.3, -0.25) is 9.59 Å². The molecule has 0 saturated heterocycles. The number of fused-ring (bicyclic) bond motifs is 1. The summed E-state index contributed by atoms with van der Waals surface area (Å²) in [7, 11) is 0. The Bertz CT molecular complexity index is 1440. The summed E-state index contributed by atoms with van der Waals surface area (Å²) < 4.78 is 78.1. The summed E-state index contributed by atoms with van der Waals surface area (Å²) in [6.45, 7) is 2.74. The number of benzene rings is 3. The second kappa shape index (κ2) is 9.21. The fraction of sp³-hybridized carbons (Fsp3) is 0.120. The molecular formula is C25H16F5NO4. The molecule has 1 atom stereocenters. The van der Waals surface area contributed by atoms with E-state index in [2.05, 4.69) is 5.32 Å². The van der Waals surface area contributed by atoms with Crippen molar-refractivity contribution >= 4 is 28.3 Å². The molecule has 0 aliphatic rings. The molecule has 0 bridgehead atoms. The number of hydrogen-bond donors (Lipinski definition) is 1. The highest BCUT2D eigenvalue weighted by Crippen LogP contribution is 2.31. The maximum absolute atomic E-state index is 13.8. The van der Waals surface area contributed by atoms with Gasteiger partial charge < -0.3 is 14.5 Å².